The molecule has 6 heterocycles. The van der Waals surface area contributed by atoms with Crippen molar-refractivity contribution in [3.63, 3.8) is 0 Å². The van der Waals surface area contributed by atoms with E-state index in [0.29, 0.717) is 18.4 Å². The number of aliphatic carboxylic acids is 1. The van der Waals surface area contributed by atoms with E-state index in [9.17, 15) is 162 Å². The molecular weight excluding hydrogens is 1930 g/mol. The first-order chi connectivity index (χ1) is 67.3. The third kappa shape index (κ3) is 23.6. The maximum absolute atomic E-state index is 16.9. The van der Waals surface area contributed by atoms with Gasteiger partial charge in [0.05, 0.1) is 56.8 Å². The molecule has 0 bridgehead atoms. The second-order valence-corrected chi connectivity index (χ2v) is 41.2. The van der Waals surface area contributed by atoms with Crippen molar-refractivity contribution in [3.05, 3.63) is 58.4 Å². The van der Waals surface area contributed by atoms with Gasteiger partial charge in [-0.25, -0.2) is 5.43 Å². The third-order valence-corrected chi connectivity index (χ3v) is 31.2. The molecule has 6 aliphatic heterocycles. The minimum atomic E-state index is -3.39. The van der Waals surface area contributed by atoms with E-state index in [0.717, 1.165) is 44.7 Å². The second-order valence-electron chi connectivity index (χ2n) is 41.2. The van der Waals surface area contributed by atoms with Gasteiger partial charge in [-0.15, -0.1) is 0 Å². The quantitative estimate of drug-likeness (QED) is 0.00397. The van der Waals surface area contributed by atoms with Crippen molar-refractivity contribution < 1.29 is 238 Å². The minimum absolute atomic E-state index is 0.0738. The summed E-state index contributed by atoms with van der Waals surface area (Å²) in [5.74, 6) is -19.1. The van der Waals surface area contributed by atoms with Crippen LogP contribution in [0, 0.1) is 50.2 Å². The van der Waals surface area contributed by atoms with Crippen LogP contribution in [0.5, 0.6) is 0 Å². The number of aliphatic hydroxyl groups is 26. The Morgan fingerprint density at radius 3 is 1.76 bits per heavy atom. The first-order valence-corrected chi connectivity index (χ1v) is 48.3. The monoisotopic (exact) mass is 2070 g/mol. The molecule has 9 fully saturated rings. The van der Waals surface area contributed by atoms with Crippen molar-refractivity contribution in [2.75, 3.05) is 33.0 Å². The predicted octanol–water partition coefficient (Wildman–Crippen LogP) is -5.66. The van der Waals surface area contributed by atoms with Crippen LogP contribution >= 0.6 is 0 Å². The van der Waals surface area contributed by atoms with E-state index >= 15 is 4.79 Å². The lowest BCUT2D eigenvalue weighted by Crippen LogP contribution is -2.69. The standard InChI is InChI=1S/C93H145N3O48/c1-13-46(134-84-70(124)75(73(40(5)131-84)133-41(6)102)141-81-65(119)58(112)45(104)34-130-81)77(125)93(36-99,143-85-68(122)63(117)72(39(4)132-85)138-79(127)69(123)71(38(3)101)140-82-66(120)61(115)59(113)47(32-97)135-82)144-86(129)92-27-26-87(7,8)30-43(92)42-18-19-50-88(9)24-23-52(89(10,49(88)22-25-90(50,11)91(42,12)31-51(92)105)35-94-95-53(106)17-15-14-16-28-96-54(107)20-21-55(96)108)137-80(128)76(142-83-67(121)62(116)60(114)48(33-98)136-83)74(44(103)29-56(109)110)139-78(126)64(118)57(111)37(2)100/h18,20-21,35,37-40,43-52,58-63,65-68,70,72-73,75,77-85,97-101,103-105,111-128H,13-17,19,22-34,36H2,1-12H3,(H,95,106)(H,109,110)/b64-57+,71-69-,76-74-,94-35+/t37?,38?,39?,40?,43?,44?,45?,46?,47?,48?,49?,50?,51-,52+,58?,59?,60?,61?,62?,63?,65?,66?,67?,68?,70?,72?,73?,75?,77?,78?,79?,80?,81?,82?,83?,84?,85?,88+,89+,90-,91-,92-,93?/m1/s1. The van der Waals surface area contributed by atoms with Crippen LogP contribution in [0.2, 0.25) is 0 Å². The Morgan fingerprint density at radius 1 is 0.590 bits per heavy atom. The van der Waals surface area contributed by atoms with E-state index < -0.39 is 375 Å². The Morgan fingerprint density at radius 2 is 1.18 bits per heavy atom. The number of esters is 2. The summed E-state index contributed by atoms with van der Waals surface area (Å²) in [5, 5.41) is 310. The van der Waals surface area contributed by atoms with E-state index in [1.54, 1.807) is 6.92 Å². The van der Waals surface area contributed by atoms with Gasteiger partial charge < -0.3 is 209 Å². The number of nitrogens with one attached hydrogen (secondary N) is 1. The van der Waals surface area contributed by atoms with Crippen molar-refractivity contribution in [1.82, 2.24) is 10.3 Å². The predicted molar refractivity (Wildman–Crippen MR) is 478 cm³/mol. The molecule has 0 spiro atoms. The van der Waals surface area contributed by atoms with Crippen molar-refractivity contribution in [2.45, 2.75) is 394 Å². The summed E-state index contributed by atoms with van der Waals surface area (Å²) in [6, 6.07) is 0. The van der Waals surface area contributed by atoms with Crippen molar-refractivity contribution in [1.29, 1.82) is 0 Å². The lowest BCUT2D eigenvalue weighted by molar-refractivity contribution is -0.401. The van der Waals surface area contributed by atoms with Gasteiger partial charge in [0.1, 0.15) is 134 Å². The summed E-state index contributed by atoms with van der Waals surface area (Å²) in [6.45, 7) is 14.2. The van der Waals surface area contributed by atoms with Gasteiger partial charge in [0.2, 0.25) is 36.8 Å². The number of fused-ring (bicyclic) bond motifs is 7. The Bertz CT molecular complexity index is 4590. The van der Waals surface area contributed by atoms with Crippen LogP contribution in [0.15, 0.2) is 63.5 Å². The van der Waals surface area contributed by atoms with Crippen molar-refractivity contribution in [3.8, 4) is 0 Å². The molecule has 36 unspecified atom stereocenters. The maximum Gasteiger partial charge on any atom is 0.318 e. The lowest BCUT2D eigenvalue weighted by Gasteiger charge is -2.71. The number of carbonyl (C=O) groups is 6. The smallest absolute Gasteiger partial charge is 0.318 e. The van der Waals surface area contributed by atoms with Crippen molar-refractivity contribution in [2.24, 2.45) is 55.3 Å². The Labute approximate surface area is 827 Å². The fraction of sp³-hybridized carbons (Fsp3) is 0.817. The Kier molecular flexibility index (Phi) is 38.4. The van der Waals surface area contributed by atoms with Gasteiger partial charge in [0.15, 0.2) is 53.8 Å². The van der Waals surface area contributed by atoms with Gasteiger partial charge in [0.25, 0.3) is 23.9 Å². The van der Waals surface area contributed by atoms with Crippen LogP contribution in [0.25, 0.3) is 0 Å². The molecule has 144 heavy (non-hydrogen) atoms. The number of carboxylic acid groups (broad SMARTS) is 1. The van der Waals surface area contributed by atoms with Crippen LogP contribution in [-0.4, -0.2) is 432 Å². The van der Waals surface area contributed by atoms with Gasteiger partial charge in [0, 0.05) is 43.7 Å². The number of rotatable bonds is 41. The van der Waals surface area contributed by atoms with Crippen LogP contribution in [0.3, 0.4) is 0 Å². The zero-order chi connectivity index (χ0) is 107. The van der Waals surface area contributed by atoms with Crippen molar-refractivity contribution >= 4 is 41.8 Å². The number of ether oxygens (including phenoxy) is 15. The Balaban J connectivity index is 0.961. The van der Waals surface area contributed by atoms with Crippen LogP contribution in [0.4, 0.5) is 0 Å². The lowest BCUT2D eigenvalue weighted by atomic mass is 9.33. The number of unbranched alkanes of at least 4 members (excludes halogenated alkanes) is 2. The summed E-state index contributed by atoms with van der Waals surface area (Å²) in [5.41, 5.74) is -4.30. The van der Waals surface area contributed by atoms with E-state index in [1.807, 2.05) is 40.7 Å². The highest BCUT2D eigenvalue weighted by atomic mass is 16.8. The fourth-order valence-corrected chi connectivity index (χ4v) is 22.9. The molecule has 43 atom stereocenters. The number of amides is 3. The maximum atomic E-state index is 16.9. The number of carbonyl (C=O) groups excluding carboxylic acids is 5. The summed E-state index contributed by atoms with van der Waals surface area (Å²) in [6.07, 6.45) is -65.2. The average Bonchev–Trinajstić information content (AvgIpc) is 0.679. The molecule has 0 aromatic rings. The second kappa shape index (κ2) is 47.2. The van der Waals surface area contributed by atoms with E-state index in [4.69, 9.17) is 71.1 Å². The highest BCUT2D eigenvalue weighted by Gasteiger charge is 2.74. The van der Waals surface area contributed by atoms with E-state index in [1.165, 1.54) is 20.1 Å². The highest BCUT2D eigenvalue weighted by molar-refractivity contribution is 6.12. The number of imide groups is 1. The van der Waals surface area contributed by atoms with Gasteiger partial charge in [-0.3, -0.25) is 33.7 Å². The molecule has 0 aromatic carbocycles. The molecule has 5 saturated heterocycles. The first kappa shape index (κ1) is 117. The summed E-state index contributed by atoms with van der Waals surface area (Å²) in [4.78, 5) is 81.6. The molecule has 11 aliphatic rings. The van der Waals surface area contributed by atoms with Crippen LogP contribution in [-0.2, 0) is 99.8 Å². The topological polar surface area (TPSA) is 815 Å². The SMILES string of the molecule is CCC(OC1OC(C)C(OC(C)=O)C(OC2OCC(O)C(O)C2O)C1O)C(O)C(CO)(OC(=O)[C@]12CCC(C)(C)CC1C1=CCC3[C@@]4(C)CC[C@H](OC(O)/C(OC5OC(CO)C(O)C(O)C5O)=C(/OC(O)/C(O)=C(\O)C(C)O)C(O)CC(=O)O)[C@@](C)(/C=N/NC(=O)CCCCCN5C(=O)C=CC5=O)C4CC[C@@]3(C)[C@]1(C)C[C@H]2O)OC1OC(C)C(OC(O)/C(O)=C(/OC2OC(CO)C(O)C(O)C2O)C(C)O)C(O)C1O. The molecule has 5 aliphatic carbocycles. The summed E-state index contributed by atoms with van der Waals surface area (Å²) >= 11 is 0. The highest BCUT2D eigenvalue weighted by Crippen LogP contribution is 2.76. The van der Waals surface area contributed by atoms with Gasteiger partial charge in [-0.1, -0.05) is 66.5 Å². The number of carboxylic acids is 1. The molecule has 4 saturated carbocycles. The number of hydrogen-bond donors (Lipinski definition) is 28. The minimum Gasteiger partial charge on any atom is -0.506 e. The summed E-state index contributed by atoms with van der Waals surface area (Å²) in [7, 11) is 0. The van der Waals surface area contributed by atoms with E-state index in [2.05, 4.69) is 10.5 Å². The van der Waals surface area contributed by atoms with E-state index in [-0.39, 0.29) is 77.2 Å². The largest absolute Gasteiger partial charge is 0.506 e. The molecule has 51 heteroatoms. The number of hydrogen-bond acceptors (Lipinski definition) is 48. The zero-order valence-electron chi connectivity index (χ0n) is 81.9. The average molecular weight is 2070 g/mol. The Hall–Kier alpha value is -7.13. The number of nitrogens with zero attached hydrogens (tertiary/aromatic N) is 2. The third-order valence-electron chi connectivity index (χ3n) is 31.2. The molecule has 28 N–H and O–H groups in total. The molecular formula is C93H145N3O48. The molecule has 3 amide bonds. The normalized spacial score (nSPS) is 41.3. The van der Waals surface area contributed by atoms with Crippen LogP contribution in [0.1, 0.15) is 179 Å². The molecule has 11 rings (SSSR count). The molecule has 0 aromatic heterocycles. The first-order valence-electron chi connectivity index (χ1n) is 48.3. The van der Waals surface area contributed by atoms with Gasteiger partial charge in [-0.05, 0) is 144 Å². The zero-order valence-corrected chi connectivity index (χ0v) is 81.9. The van der Waals surface area contributed by atoms with Gasteiger partial charge in [-0.2, -0.15) is 5.10 Å². The number of aliphatic hydroxyl groups excluding tert-OH is 26. The summed E-state index contributed by atoms with van der Waals surface area (Å²) < 4.78 is 89.1. The van der Waals surface area contributed by atoms with Crippen LogP contribution < -0.4 is 5.43 Å². The van der Waals surface area contributed by atoms with Gasteiger partial charge >= 0.3 is 17.9 Å². The fourth-order valence-electron chi connectivity index (χ4n) is 22.9. The molecule has 820 valence electrons. The number of hydrazone groups is 1. The number of allylic oxidation sites excluding steroid dienone is 2. The molecule has 51 nitrogen and oxygen atoms in total. The molecule has 0 radical (unpaired) electrons.